The van der Waals surface area contributed by atoms with Crippen molar-refractivity contribution < 1.29 is 19.4 Å². The highest BCUT2D eigenvalue weighted by Gasteiger charge is 2.62. The van der Waals surface area contributed by atoms with Gasteiger partial charge in [0, 0.05) is 18.3 Å². The molecule has 4 nitrogen and oxygen atoms in total. The number of allylic oxidation sites excluding steroid dienone is 4. The monoisotopic (exact) mass is 426 g/mol. The van der Waals surface area contributed by atoms with Crippen molar-refractivity contribution in [3.8, 4) is 12.8 Å². The van der Waals surface area contributed by atoms with Gasteiger partial charge in [0.25, 0.3) is 0 Å². The molecule has 4 rings (SSSR count). The van der Waals surface area contributed by atoms with Crippen LogP contribution in [-0.2, 0) is 14.3 Å². The van der Waals surface area contributed by atoms with Crippen LogP contribution in [0.4, 0.5) is 0 Å². The topological polar surface area (TPSA) is 63.6 Å². The van der Waals surface area contributed by atoms with Crippen molar-refractivity contribution in [1.29, 1.82) is 0 Å². The Hall–Kier alpha value is -2.28. The number of carbonyl (C=O) groups excluding carboxylic acids is 2. The number of rotatable bonds is 3. The van der Waals surface area contributed by atoms with E-state index in [9.17, 15) is 9.59 Å². The van der Waals surface area contributed by atoms with Gasteiger partial charge in [-0.1, -0.05) is 45.1 Å². The molecule has 1 unspecified atom stereocenters. The number of aliphatic hydroxyl groups is 1. The van der Waals surface area contributed by atoms with E-state index in [0.29, 0.717) is 30.5 Å². The number of ether oxygens (including phenoxy) is 1. The summed E-state index contributed by atoms with van der Waals surface area (Å²) in [7, 11) is 0. The molecule has 4 heteroatoms. The molecule has 3 aliphatic carbocycles. The number of carbonyl (C=O) groups is 2. The van der Waals surface area contributed by atoms with Gasteiger partial charge in [-0.3, -0.25) is 9.59 Å². The van der Waals surface area contributed by atoms with Gasteiger partial charge >= 0.3 is 5.97 Å². The summed E-state index contributed by atoms with van der Waals surface area (Å²) in [4.78, 5) is 23.8. The number of esters is 1. The number of hydrogen-bond donors (Lipinski definition) is 1. The van der Waals surface area contributed by atoms with Crippen LogP contribution in [0.1, 0.15) is 78.6 Å². The lowest BCUT2D eigenvalue weighted by Gasteiger charge is -2.47. The highest BCUT2D eigenvalue weighted by Crippen LogP contribution is 2.63. The summed E-state index contributed by atoms with van der Waals surface area (Å²) in [6.45, 7) is 9.82. The first-order valence-electron chi connectivity index (χ1n) is 11.4. The third-order valence-electron chi connectivity index (χ3n) is 8.15. The van der Waals surface area contributed by atoms with Gasteiger partial charge in [-0.05, 0) is 68.3 Å². The third-order valence-corrected chi connectivity index (χ3v) is 8.15. The Bertz CT molecular complexity index is 771. The molecule has 4 aliphatic rings. The maximum Gasteiger partial charge on any atom is 0.306 e. The summed E-state index contributed by atoms with van der Waals surface area (Å²) in [6, 6.07) is 0. The lowest BCUT2D eigenvalue weighted by molar-refractivity contribution is -0.159. The van der Waals surface area contributed by atoms with Crippen molar-refractivity contribution >= 4 is 11.8 Å². The molecule has 0 amide bonds. The zero-order valence-corrected chi connectivity index (χ0v) is 19.4. The molecule has 1 saturated heterocycles. The lowest BCUT2D eigenvalue weighted by atomic mass is 9.60. The molecule has 0 aromatic carbocycles. The van der Waals surface area contributed by atoms with E-state index in [-0.39, 0.29) is 22.4 Å². The van der Waals surface area contributed by atoms with Crippen molar-refractivity contribution in [3.05, 3.63) is 36.6 Å². The van der Waals surface area contributed by atoms with E-state index >= 15 is 0 Å². The second kappa shape index (κ2) is 9.90. The Labute approximate surface area is 187 Å². The lowest BCUT2D eigenvalue weighted by Crippen LogP contribution is -2.47. The molecule has 4 atom stereocenters. The van der Waals surface area contributed by atoms with Crippen LogP contribution < -0.4 is 0 Å². The molecule has 2 fully saturated rings. The number of fused-ring (bicyclic) bond motifs is 2. The molecule has 1 heterocycles. The fourth-order valence-corrected chi connectivity index (χ4v) is 6.27. The SMILES string of the molecule is C#C.C=CO.CC1(C)CCC(=O)C=C1CC[C@@H]1C=CC[C@@]2(C)C1CC[C@@]21CCC(=O)O1. The van der Waals surface area contributed by atoms with E-state index in [4.69, 9.17) is 9.84 Å². The first kappa shape index (κ1) is 25.0. The van der Waals surface area contributed by atoms with Crippen LogP contribution in [0.25, 0.3) is 0 Å². The fraction of sp³-hybridized carbons (Fsp3) is 0.630. The maximum absolute atomic E-state index is 11.9. The van der Waals surface area contributed by atoms with Crippen molar-refractivity contribution in [1.82, 2.24) is 0 Å². The van der Waals surface area contributed by atoms with Crippen LogP contribution in [0.2, 0.25) is 0 Å². The van der Waals surface area contributed by atoms with E-state index in [0.717, 1.165) is 51.2 Å². The summed E-state index contributed by atoms with van der Waals surface area (Å²) in [5, 5.41) is 7.33. The van der Waals surface area contributed by atoms with Gasteiger partial charge < -0.3 is 9.84 Å². The minimum absolute atomic E-state index is 0.00870. The van der Waals surface area contributed by atoms with Gasteiger partial charge in [0.05, 0.1) is 6.26 Å². The summed E-state index contributed by atoms with van der Waals surface area (Å²) in [5.41, 5.74) is 1.32. The largest absolute Gasteiger partial charge is 0.516 e. The van der Waals surface area contributed by atoms with Gasteiger partial charge in [0.2, 0.25) is 0 Å². The van der Waals surface area contributed by atoms with Crippen LogP contribution in [0.3, 0.4) is 0 Å². The molecular formula is C27H38O4. The molecule has 1 aliphatic heterocycles. The number of aliphatic hydroxyl groups excluding tert-OH is 1. The molecule has 1 N–H and O–H groups in total. The van der Waals surface area contributed by atoms with Gasteiger partial charge in [0.1, 0.15) is 5.60 Å². The van der Waals surface area contributed by atoms with Gasteiger partial charge in [-0.15, -0.1) is 12.8 Å². The second-order valence-corrected chi connectivity index (χ2v) is 10.1. The second-order valence-electron chi connectivity index (χ2n) is 10.1. The van der Waals surface area contributed by atoms with E-state index in [1.165, 1.54) is 5.57 Å². The number of hydrogen-bond acceptors (Lipinski definition) is 4. The van der Waals surface area contributed by atoms with Crippen molar-refractivity contribution in [2.45, 2.75) is 84.2 Å². The van der Waals surface area contributed by atoms with Crippen LogP contribution in [0, 0.1) is 35.5 Å². The van der Waals surface area contributed by atoms with Crippen LogP contribution in [-0.4, -0.2) is 22.5 Å². The molecule has 170 valence electrons. The van der Waals surface area contributed by atoms with Crippen molar-refractivity contribution in [3.63, 3.8) is 0 Å². The van der Waals surface area contributed by atoms with Crippen molar-refractivity contribution in [2.75, 3.05) is 0 Å². The highest BCUT2D eigenvalue weighted by molar-refractivity contribution is 5.91. The summed E-state index contributed by atoms with van der Waals surface area (Å²) >= 11 is 0. The Balaban J connectivity index is 0.000000630. The van der Waals surface area contributed by atoms with Gasteiger partial charge in [0.15, 0.2) is 5.78 Å². The minimum Gasteiger partial charge on any atom is -0.516 e. The molecule has 31 heavy (non-hydrogen) atoms. The van der Waals surface area contributed by atoms with E-state index in [1.54, 1.807) is 0 Å². The molecular weight excluding hydrogens is 388 g/mol. The van der Waals surface area contributed by atoms with Crippen molar-refractivity contribution in [2.24, 2.45) is 22.7 Å². The predicted molar refractivity (Wildman–Crippen MR) is 124 cm³/mol. The van der Waals surface area contributed by atoms with Gasteiger partial charge in [-0.25, -0.2) is 0 Å². The predicted octanol–water partition coefficient (Wildman–Crippen LogP) is 6.09. The first-order valence-corrected chi connectivity index (χ1v) is 11.4. The molecule has 0 bridgehead atoms. The first-order chi connectivity index (χ1) is 14.7. The van der Waals surface area contributed by atoms with E-state index < -0.39 is 0 Å². The standard InChI is InChI=1S/C23H32O3.C2H4O.C2H2/c1-21(2)12-8-18(24)15-17(21)7-6-16-5-4-11-22(3)19(16)9-13-23(22)14-10-20(25)26-23;1-2-3;1-2/h4-5,15-16,19H,6-14H2,1-3H3;2-3H,1H2;1-2H/t16-,19?,22-,23+;;/m0../s1. The fourth-order valence-electron chi connectivity index (χ4n) is 6.27. The summed E-state index contributed by atoms with van der Waals surface area (Å²) in [5.74, 6) is 1.40. The summed E-state index contributed by atoms with van der Waals surface area (Å²) in [6.07, 6.45) is 23.8. The minimum atomic E-state index is -0.225. The average Bonchev–Trinajstić information content (AvgIpc) is 3.25. The van der Waals surface area contributed by atoms with Crippen LogP contribution >= 0.6 is 0 Å². The molecule has 0 radical (unpaired) electrons. The highest BCUT2D eigenvalue weighted by atomic mass is 16.6. The summed E-state index contributed by atoms with van der Waals surface area (Å²) < 4.78 is 5.94. The zero-order chi connectivity index (χ0) is 23.3. The quantitative estimate of drug-likeness (QED) is 0.257. The smallest absolute Gasteiger partial charge is 0.306 e. The van der Waals surface area contributed by atoms with E-state index in [2.05, 4.69) is 52.3 Å². The van der Waals surface area contributed by atoms with Crippen LogP contribution in [0.15, 0.2) is 36.6 Å². The van der Waals surface area contributed by atoms with E-state index in [1.807, 2.05) is 6.08 Å². The zero-order valence-electron chi connectivity index (χ0n) is 19.4. The molecule has 0 aromatic rings. The molecule has 0 aromatic heterocycles. The van der Waals surface area contributed by atoms with Gasteiger partial charge in [-0.2, -0.15) is 0 Å². The Morgan fingerprint density at radius 1 is 1.19 bits per heavy atom. The maximum atomic E-state index is 11.9. The molecule has 1 spiro atoms. The Kier molecular flexibility index (Phi) is 7.98. The van der Waals surface area contributed by atoms with Crippen LogP contribution in [0.5, 0.6) is 0 Å². The Morgan fingerprint density at radius 3 is 2.48 bits per heavy atom. The molecule has 1 saturated carbocycles. The normalized spacial score (nSPS) is 35.1. The Morgan fingerprint density at radius 2 is 1.87 bits per heavy atom. The number of ketones is 1. The third kappa shape index (κ3) is 4.81. The number of terminal acetylenes is 1. The average molecular weight is 427 g/mol.